The maximum Gasteiger partial charge on any atom is 0.416 e. The van der Waals surface area contributed by atoms with E-state index >= 15 is 0 Å². The molecule has 2 aliphatic rings. The molecule has 4 aromatic heterocycles. The van der Waals surface area contributed by atoms with E-state index in [-0.39, 0.29) is 48.3 Å². The molecule has 0 spiro atoms. The second-order valence-corrected chi connectivity index (χ2v) is 22.1. The van der Waals surface area contributed by atoms with Crippen molar-refractivity contribution < 1.29 is 86.4 Å². The van der Waals surface area contributed by atoms with Crippen molar-refractivity contribution in [2.24, 2.45) is 0 Å². The van der Waals surface area contributed by atoms with Crippen LogP contribution in [0.2, 0.25) is 0 Å². The molecular weight excluding hydrogens is 1190 g/mol. The number of halogens is 12. The molecule has 6 heterocycles. The summed E-state index contributed by atoms with van der Waals surface area (Å²) in [7, 11) is 0. The molecule has 2 aliphatic heterocycles. The average molecular weight is 1250 g/mol. The number of Topliss-reactive ketones (excluding diaryl/α,β-unsaturated/α-hetero) is 1. The van der Waals surface area contributed by atoms with Crippen molar-refractivity contribution in [3.8, 4) is 22.5 Å². The fourth-order valence-electron chi connectivity index (χ4n) is 10.0. The van der Waals surface area contributed by atoms with Crippen LogP contribution < -0.4 is 16.4 Å². The Bertz CT molecular complexity index is 3860. The number of carboxylic acid groups (broad SMARTS) is 1. The van der Waals surface area contributed by atoms with Crippen molar-refractivity contribution >= 4 is 51.1 Å². The SMILES string of the molecule is CC(C)(F)C(=O)NCc1cnc(C(F)F)c(C(=O)Cc2ccc3c(c2)cc(-c2ccc(C(F)(F)F)cc2)n3[C@@H]2CCOC2)c1.CC(C)(F)C(=O)NCc1cnc(C(F)F)c(C(=O)O)c1.Nc1ccc2c(c1)cc(-c1ccc(C(F)(F)F)cc1)n2[C@@H]1CCOC1. The molecule has 0 bridgehead atoms. The van der Waals surface area contributed by atoms with Gasteiger partial charge in [0, 0.05) is 89.6 Å². The quantitative estimate of drug-likeness (QED) is 0.0411. The van der Waals surface area contributed by atoms with Gasteiger partial charge >= 0.3 is 18.3 Å². The lowest BCUT2D eigenvalue weighted by Gasteiger charge is -2.17. The van der Waals surface area contributed by atoms with Crippen molar-refractivity contribution in [2.45, 2.75) is 109 Å². The fraction of sp³-hybridized carbons (Fsp3) is 0.333. The second-order valence-electron chi connectivity index (χ2n) is 22.1. The molecule has 89 heavy (non-hydrogen) atoms. The number of anilines is 1. The highest BCUT2D eigenvalue weighted by molar-refractivity contribution is 5.99. The molecule has 8 aromatic rings. The van der Waals surface area contributed by atoms with Crippen molar-refractivity contribution in [2.75, 3.05) is 32.2 Å². The maximum absolute atomic E-state index is 13.9. The van der Waals surface area contributed by atoms with Gasteiger partial charge in [-0.3, -0.25) is 24.4 Å². The zero-order valence-electron chi connectivity index (χ0n) is 48.0. The number of nitrogen functional groups attached to an aromatic ring is 1. The number of pyridine rings is 2. The van der Waals surface area contributed by atoms with Gasteiger partial charge in [-0.15, -0.1) is 0 Å². The van der Waals surface area contributed by atoms with Crippen LogP contribution in [0, 0.1) is 0 Å². The van der Waals surface area contributed by atoms with Gasteiger partial charge in [-0.2, -0.15) is 26.3 Å². The number of nitrogens with two attached hydrogens (primary N) is 1. The zero-order chi connectivity index (χ0) is 64.9. The van der Waals surface area contributed by atoms with Gasteiger partial charge in [-0.1, -0.05) is 30.3 Å². The molecule has 2 amide bonds. The fourth-order valence-corrected chi connectivity index (χ4v) is 10.0. The van der Waals surface area contributed by atoms with E-state index in [1.807, 2.05) is 34.9 Å². The lowest BCUT2D eigenvalue weighted by atomic mass is 9.99. The normalized spacial score (nSPS) is 15.4. The van der Waals surface area contributed by atoms with Gasteiger partial charge in [-0.25, -0.2) is 31.1 Å². The zero-order valence-corrected chi connectivity index (χ0v) is 48.0. The second kappa shape index (κ2) is 26.9. The van der Waals surface area contributed by atoms with Gasteiger partial charge in [0.15, 0.2) is 17.1 Å². The molecular formula is C63H59F12N7O7. The molecule has 0 aliphatic carbocycles. The minimum absolute atomic E-state index is 0.0526. The number of carboxylic acids is 1. The van der Waals surface area contributed by atoms with Crippen molar-refractivity contribution in [1.82, 2.24) is 29.7 Å². The molecule has 14 nitrogen and oxygen atoms in total. The standard InChI is InChI=1S/C32H29F6N3O3.C19H17F3N2O.C12H13F3N2O3/c1-31(2,35)30(43)40-16-19-12-24(28(29(33)34)39-15-19)27(42)13-18-3-8-25-21(11-18)14-26(41(25)23-9-10-44-17-23)20-4-6-22(7-5-20)32(36,37)38;20-19(21,22)14-3-1-12(2-4-14)18-10-13-9-15(23)5-6-17(13)24(18)16-7-8-25-11-16;1-12(2,15)11(20)17-5-6-3-7(10(18)19)8(9(13)14)16-4-6/h3-8,11-12,14-15,23,29H,9-10,13,16-17H2,1-2H3,(H,40,43);1-6,9-10,16H,7-8,11,23H2;3-4,9H,5H2,1-2H3,(H,17,20)(H,18,19)/t23-;16-;/m11./s1. The van der Waals surface area contributed by atoms with Crippen LogP contribution in [0.3, 0.4) is 0 Å². The number of ether oxygens (including phenoxy) is 2. The highest BCUT2D eigenvalue weighted by atomic mass is 19.4. The molecule has 2 fully saturated rings. The first-order valence-corrected chi connectivity index (χ1v) is 27.6. The van der Waals surface area contributed by atoms with E-state index in [1.165, 1.54) is 30.3 Å². The number of hydrogen-bond donors (Lipinski definition) is 4. The minimum Gasteiger partial charge on any atom is -0.478 e. The third kappa shape index (κ3) is 16.1. The maximum atomic E-state index is 13.9. The Labute approximate surface area is 501 Å². The number of nitrogens with one attached hydrogen (secondary N) is 2. The van der Waals surface area contributed by atoms with Crippen LogP contribution in [0.15, 0.2) is 122 Å². The predicted molar refractivity (Wildman–Crippen MR) is 306 cm³/mol. The van der Waals surface area contributed by atoms with Crippen LogP contribution in [-0.4, -0.2) is 85.5 Å². The molecule has 0 saturated carbocycles. The van der Waals surface area contributed by atoms with E-state index < -0.39 is 88.2 Å². The molecule has 10 rings (SSSR count). The summed E-state index contributed by atoms with van der Waals surface area (Å²) in [5.41, 5.74) is 4.04. The van der Waals surface area contributed by atoms with Gasteiger partial charge in [0.2, 0.25) is 0 Å². The van der Waals surface area contributed by atoms with E-state index in [4.69, 9.17) is 20.3 Å². The Morgan fingerprint density at radius 1 is 0.573 bits per heavy atom. The van der Waals surface area contributed by atoms with Gasteiger partial charge in [0.05, 0.1) is 42.0 Å². The molecule has 0 radical (unpaired) electrons. The number of carbonyl (C=O) groups is 4. The summed E-state index contributed by atoms with van der Waals surface area (Å²) >= 11 is 0. The number of aromatic carboxylic acids is 1. The topological polar surface area (TPSA) is 193 Å². The van der Waals surface area contributed by atoms with Crippen molar-refractivity contribution in [1.29, 1.82) is 0 Å². The molecule has 5 N–H and O–H groups in total. The number of rotatable bonds is 16. The molecule has 0 unspecified atom stereocenters. The highest BCUT2D eigenvalue weighted by Crippen LogP contribution is 2.40. The van der Waals surface area contributed by atoms with Crippen LogP contribution in [-0.2, 0) is 50.9 Å². The molecule has 4 aromatic carbocycles. The minimum atomic E-state index is -4.47. The summed E-state index contributed by atoms with van der Waals surface area (Å²) < 4.78 is 173. The van der Waals surface area contributed by atoms with E-state index in [9.17, 15) is 71.9 Å². The van der Waals surface area contributed by atoms with Crippen molar-refractivity contribution in [3.05, 3.63) is 172 Å². The third-order valence-electron chi connectivity index (χ3n) is 14.6. The number of hydrogen-bond acceptors (Lipinski definition) is 9. The Kier molecular flexibility index (Phi) is 20.0. The summed E-state index contributed by atoms with van der Waals surface area (Å²) in [5, 5.41) is 15.1. The highest BCUT2D eigenvalue weighted by Gasteiger charge is 2.33. The van der Waals surface area contributed by atoms with Crippen LogP contribution in [0.1, 0.15) is 125 Å². The summed E-state index contributed by atoms with van der Waals surface area (Å²) in [6.45, 7) is 6.12. The van der Waals surface area contributed by atoms with Crippen LogP contribution in [0.5, 0.6) is 0 Å². The monoisotopic (exact) mass is 1250 g/mol. The molecule has 472 valence electrons. The number of ketones is 1. The first-order chi connectivity index (χ1) is 41.8. The Hall–Kier alpha value is -8.78. The average Bonchev–Trinajstić information content (AvgIpc) is 1.65. The van der Waals surface area contributed by atoms with E-state index in [1.54, 1.807) is 18.2 Å². The summed E-state index contributed by atoms with van der Waals surface area (Å²) in [5.74, 6) is -3.97. The van der Waals surface area contributed by atoms with E-state index in [0.29, 0.717) is 55.4 Å². The smallest absolute Gasteiger partial charge is 0.416 e. The number of aromatic nitrogens is 4. The number of nitrogens with zero attached hydrogens (tertiary/aromatic N) is 4. The molecule has 26 heteroatoms. The lowest BCUT2D eigenvalue weighted by Crippen LogP contribution is -2.38. The first kappa shape index (κ1) is 66.2. The van der Waals surface area contributed by atoms with Gasteiger partial charge in [0.25, 0.3) is 24.7 Å². The largest absolute Gasteiger partial charge is 0.478 e. The van der Waals surface area contributed by atoms with Gasteiger partial charge in [0.1, 0.15) is 11.4 Å². The van der Waals surface area contributed by atoms with Gasteiger partial charge in [-0.05, 0) is 147 Å². The number of carbonyl (C=O) groups excluding carboxylic acids is 3. The van der Waals surface area contributed by atoms with Crippen LogP contribution >= 0.6 is 0 Å². The first-order valence-electron chi connectivity index (χ1n) is 27.6. The number of fused-ring (bicyclic) bond motifs is 2. The predicted octanol–water partition coefficient (Wildman–Crippen LogP) is 14.4. The van der Waals surface area contributed by atoms with Crippen LogP contribution in [0.25, 0.3) is 44.3 Å². The summed E-state index contributed by atoms with van der Waals surface area (Å²) in [6, 6.07) is 27.2. The molecule has 2 atom stereocenters. The number of benzene rings is 4. The summed E-state index contributed by atoms with van der Waals surface area (Å²) in [6.07, 6.45) is -11.4. The van der Waals surface area contributed by atoms with E-state index in [2.05, 4.69) is 25.2 Å². The number of amides is 2. The van der Waals surface area contributed by atoms with Crippen molar-refractivity contribution in [3.63, 3.8) is 0 Å². The van der Waals surface area contributed by atoms with Crippen LogP contribution in [0.4, 0.5) is 58.4 Å². The Balaban J connectivity index is 0.000000191. The Morgan fingerprint density at radius 3 is 1.38 bits per heavy atom. The Morgan fingerprint density at radius 2 is 0.989 bits per heavy atom. The lowest BCUT2D eigenvalue weighted by molar-refractivity contribution is -0.138. The molecule has 2 saturated heterocycles. The number of alkyl halides is 12. The third-order valence-corrected chi connectivity index (χ3v) is 14.6. The van der Waals surface area contributed by atoms with E-state index in [0.717, 1.165) is 110 Å². The van der Waals surface area contributed by atoms with Gasteiger partial charge < -0.3 is 40.1 Å². The summed E-state index contributed by atoms with van der Waals surface area (Å²) in [4.78, 5) is 54.4.